The van der Waals surface area contributed by atoms with Gasteiger partial charge in [-0.3, -0.25) is 9.55 Å². The van der Waals surface area contributed by atoms with Gasteiger partial charge in [0.25, 0.3) is 0 Å². The molecule has 2 aromatic heterocycles. The van der Waals surface area contributed by atoms with Crippen molar-refractivity contribution in [2.45, 2.75) is 130 Å². The molecule has 2 spiro atoms. The summed E-state index contributed by atoms with van der Waals surface area (Å²) in [6, 6.07) is 63.8. The topological polar surface area (TPSA) is 50.9 Å². The van der Waals surface area contributed by atoms with Crippen LogP contribution in [0.25, 0.3) is 72.7 Å². The SMILES string of the molecule is CC(C)(C)c1cc(-c2cc(-c3ccc4c(c3)CC3(Cc5ccccc5C3)C4)ccn2)cc(-c2cccc3c2nc(-c2cc(C(C)(C)C)cc(C(C)(C)C)c2O)n3-c2ccc3c(c2-c2ccccc2)CC2(Cc4ccccc4C2)C3)c1. The zero-order valence-corrected chi connectivity index (χ0v) is 48.2. The van der Waals surface area contributed by atoms with Crippen LogP contribution in [0.15, 0.2) is 176 Å². The van der Waals surface area contributed by atoms with Crippen LogP contribution in [0, 0.1) is 10.8 Å². The first kappa shape index (κ1) is 50.4. The number of benzene rings is 8. The molecule has 4 heteroatoms. The number of phenolic OH excluding ortho intramolecular Hbond substituents is 1. The minimum atomic E-state index is -0.334. The summed E-state index contributed by atoms with van der Waals surface area (Å²) in [6.07, 6.45) is 10.8. The van der Waals surface area contributed by atoms with Gasteiger partial charge >= 0.3 is 0 Å². The maximum Gasteiger partial charge on any atom is 0.149 e. The Balaban J connectivity index is 0.943. The molecule has 4 aliphatic carbocycles. The monoisotopic (exact) mass is 1040 g/mol. The second-order valence-electron chi connectivity index (χ2n) is 27.7. The lowest BCUT2D eigenvalue weighted by molar-refractivity contribution is 0.326. The molecule has 0 aliphatic heterocycles. The molecule has 14 rings (SSSR count). The summed E-state index contributed by atoms with van der Waals surface area (Å²) in [5.41, 5.74) is 27.7. The van der Waals surface area contributed by atoms with Gasteiger partial charge in [0.05, 0.1) is 28.0 Å². The Labute approximate surface area is 473 Å². The third kappa shape index (κ3) is 8.55. The van der Waals surface area contributed by atoms with Crippen LogP contribution in [0.2, 0.25) is 0 Å². The van der Waals surface area contributed by atoms with E-state index in [1.807, 2.05) is 6.20 Å². The first-order chi connectivity index (χ1) is 38.3. The fourth-order valence-electron chi connectivity index (χ4n) is 14.8. The van der Waals surface area contributed by atoms with E-state index in [0.29, 0.717) is 5.41 Å². The number of hydrogen-bond donors (Lipinski definition) is 1. The molecule has 1 N–H and O–H groups in total. The van der Waals surface area contributed by atoms with Gasteiger partial charge < -0.3 is 5.11 Å². The lowest BCUT2D eigenvalue weighted by atomic mass is 9.79. The number of para-hydroxylation sites is 1. The molecule has 0 radical (unpaired) electrons. The van der Waals surface area contributed by atoms with E-state index in [1.165, 1.54) is 85.2 Å². The Morgan fingerprint density at radius 2 is 0.988 bits per heavy atom. The summed E-state index contributed by atoms with van der Waals surface area (Å²) >= 11 is 0. The lowest BCUT2D eigenvalue weighted by Gasteiger charge is -2.28. The third-order valence-corrected chi connectivity index (χ3v) is 18.9. The van der Waals surface area contributed by atoms with Crippen LogP contribution >= 0.6 is 0 Å². The molecule has 0 unspecified atom stereocenters. The minimum Gasteiger partial charge on any atom is -0.507 e. The maximum absolute atomic E-state index is 12.9. The van der Waals surface area contributed by atoms with Crippen molar-refractivity contribution in [2.24, 2.45) is 10.8 Å². The average molecular weight is 1040 g/mol. The van der Waals surface area contributed by atoms with E-state index in [-0.39, 0.29) is 27.4 Å². The van der Waals surface area contributed by atoms with Gasteiger partial charge in [-0.15, -0.1) is 0 Å². The summed E-state index contributed by atoms with van der Waals surface area (Å²) in [4.78, 5) is 11.0. The van der Waals surface area contributed by atoms with Crippen LogP contribution in [0.5, 0.6) is 5.75 Å². The van der Waals surface area contributed by atoms with Gasteiger partial charge in [0.2, 0.25) is 0 Å². The third-order valence-electron chi connectivity index (χ3n) is 18.9. The summed E-state index contributed by atoms with van der Waals surface area (Å²) in [5.74, 6) is 1.02. The summed E-state index contributed by atoms with van der Waals surface area (Å²) in [6.45, 7) is 20.3. The first-order valence-electron chi connectivity index (χ1n) is 29.3. The quantitative estimate of drug-likeness (QED) is 0.181. The molecule has 398 valence electrons. The maximum atomic E-state index is 12.9. The highest BCUT2D eigenvalue weighted by Crippen LogP contribution is 2.53. The van der Waals surface area contributed by atoms with Crippen LogP contribution in [-0.4, -0.2) is 19.6 Å². The van der Waals surface area contributed by atoms with E-state index >= 15 is 0 Å². The Morgan fingerprint density at radius 3 is 1.64 bits per heavy atom. The van der Waals surface area contributed by atoms with Crippen molar-refractivity contribution < 1.29 is 5.11 Å². The van der Waals surface area contributed by atoms with Crippen molar-refractivity contribution in [1.82, 2.24) is 14.5 Å². The van der Waals surface area contributed by atoms with Crippen LogP contribution < -0.4 is 0 Å². The van der Waals surface area contributed by atoms with Crippen molar-refractivity contribution in [3.8, 4) is 67.5 Å². The number of imidazole rings is 1. The standard InChI is InChI=1S/C76H73N3O/c1-72(2,3)59-34-56(33-57(35-59)65-36-49(30-31-77-65)48-26-27-54-43-75(45-58(54)32-48)39-50-20-13-14-21-51(50)40-75)61-24-17-25-67-69(61)78-71(62-37-60(73(4,5)6)38-64(70(62)80)74(7,8)9)79(67)66-29-28-55-44-76(41-52-22-15-16-23-53(52)42-76)46-63(55)68(66)47-18-11-10-12-19-47/h10-38,80H,39-46H2,1-9H3. The van der Waals surface area contributed by atoms with E-state index < -0.39 is 0 Å². The summed E-state index contributed by atoms with van der Waals surface area (Å²) in [5, 5.41) is 12.9. The van der Waals surface area contributed by atoms with E-state index in [4.69, 9.17) is 9.97 Å². The van der Waals surface area contributed by atoms with E-state index in [1.54, 1.807) is 0 Å². The van der Waals surface area contributed by atoms with Crippen molar-refractivity contribution in [2.75, 3.05) is 0 Å². The Bertz CT molecular complexity index is 4100. The zero-order valence-electron chi connectivity index (χ0n) is 48.2. The number of phenols is 1. The van der Waals surface area contributed by atoms with Crippen molar-refractivity contribution in [3.63, 3.8) is 0 Å². The number of pyridine rings is 1. The van der Waals surface area contributed by atoms with Gasteiger partial charge in [0.1, 0.15) is 11.6 Å². The second-order valence-corrected chi connectivity index (χ2v) is 27.7. The number of hydrogen-bond acceptors (Lipinski definition) is 3. The number of nitrogens with zero attached hydrogens (tertiary/aromatic N) is 3. The van der Waals surface area contributed by atoms with Crippen molar-refractivity contribution in [1.29, 1.82) is 0 Å². The molecule has 2 heterocycles. The van der Waals surface area contributed by atoms with Gasteiger partial charge in [0.15, 0.2) is 0 Å². The largest absolute Gasteiger partial charge is 0.507 e. The molecular formula is C76H73N3O. The van der Waals surface area contributed by atoms with Crippen molar-refractivity contribution in [3.05, 3.63) is 237 Å². The number of rotatable bonds is 6. The molecule has 10 aromatic rings. The number of aromatic nitrogens is 3. The first-order valence-corrected chi connectivity index (χ1v) is 29.3. The van der Waals surface area contributed by atoms with Gasteiger partial charge in [-0.2, -0.15) is 0 Å². The normalized spacial score (nSPS) is 15.9. The smallest absolute Gasteiger partial charge is 0.149 e. The van der Waals surface area contributed by atoms with Crippen molar-refractivity contribution >= 4 is 11.0 Å². The van der Waals surface area contributed by atoms with E-state index in [2.05, 4.69) is 237 Å². The van der Waals surface area contributed by atoms with Crippen LogP contribution in [0.4, 0.5) is 0 Å². The van der Waals surface area contributed by atoms with Crippen LogP contribution in [-0.2, 0) is 67.6 Å². The zero-order chi connectivity index (χ0) is 55.1. The highest BCUT2D eigenvalue weighted by atomic mass is 16.3. The predicted molar refractivity (Wildman–Crippen MR) is 331 cm³/mol. The van der Waals surface area contributed by atoms with Gasteiger partial charge in [-0.05, 0) is 199 Å². The molecular weight excluding hydrogens is 971 g/mol. The molecule has 80 heavy (non-hydrogen) atoms. The fourth-order valence-corrected chi connectivity index (χ4v) is 14.8. The number of aromatic hydroxyl groups is 1. The van der Waals surface area contributed by atoms with E-state index in [0.717, 1.165) is 100 Å². The molecule has 0 atom stereocenters. The van der Waals surface area contributed by atoms with Gasteiger partial charge in [-0.25, -0.2) is 4.98 Å². The average Bonchev–Trinajstić information content (AvgIpc) is 3.99. The Morgan fingerprint density at radius 1 is 0.425 bits per heavy atom. The number of fused-ring (bicyclic) bond motifs is 5. The molecule has 4 nitrogen and oxygen atoms in total. The molecule has 8 aromatic carbocycles. The fraction of sp³-hybridized carbons (Fsp3) is 0.289. The molecule has 0 amide bonds. The molecule has 0 saturated heterocycles. The van der Waals surface area contributed by atoms with Crippen LogP contribution in [0.3, 0.4) is 0 Å². The summed E-state index contributed by atoms with van der Waals surface area (Å²) in [7, 11) is 0. The highest BCUT2D eigenvalue weighted by Gasteiger charge is 2.44. The molecule has 0 saturated carbocycles. The van der Waals surface area contributed by atoms with E-state index in [9.17, 15) is 5.11 Å². The molecule has 0 fully saturated rings. The lowest BCUT2D eigenvalue weighted by Crippen LogP contribution is -2.21. The Kier molecular flexibility index (Phi) is 11.4. The minimum absolute atomic E-state index is 0.139. The van der Waals surface area contributed by atoms with Gasteiger partial charge in [0, 0.05) is 28.5 Å². The van der Waals surface area contributed by atoms with Crippen LogP contribution in [0.1, 0.15) is 124 Å². The summed E-state index contributed by atoms with van der Waals surface area (Å²) < 4.78 is 2.40. The van der Waals surface area contributed by atoms with Gasteiger partial charge in [-0.1, -0.05) is 190 Å². The second kappa shape index (κ2) is 18.1. The highest BCUT2D eigenvalue weighted by molar-refractivity contribution is 5.98. The molecule has 0 bridgehead atoms. The predicted octanol–water partition coefficient (Wildman–Crippen LogP) is 18.1. The Hall–Kier alpha value is -7.82. The molecule has 4 aliphatic rings.